The average molecular weight is 265 g/mol. The fraction of sp³-hybridized carbons (Fsp3) is 0.0769. The van der Waals surface area contributed by atoms with Crippen LogP contribution in [0.1, 0.15) is 21.7 Å². The molecule has 4 nitrogen and oxygen atoms in total. The van der Waals surface area contributed by atoms with E-state index in [2.05, 4.69) is 4.98 Å². The van der Waals surface area contributed by atoms with Gasteiger partial charge in [-0.25, -0.2) is 18.6 Å². The first-order chi connectivity index (χ1) is 8.95. The highest BCUT2D eigenvalue weighted by molar-refractivity contribution is 5.88. The van der Waals surface area contributed by atoms with Crippen LogP contribution in [0.25, 0.3) is 0 Å². The quantitative estimate of drug-likeness (QED) is 0.893. The zero-order valence-corrected chi connectivity index (χ0v) is 9.60. The molecule has 0 aliphatic rings. The topological polar surface area (TPSA) is 70.4 Å². The molecule has 1 aromatic carbocycles. The summed E-state index contributed by atoms with van der Waals surface area (Å²) in [4.78, 5) is 14.5. The third-order valence-corrected chi connectivity index (χ3v) is 2.44. The number of rotatable bonds is 3. The van der Waals surface area contributed by atoms with Gasteiger partial charge in [0.2, 0.25) is 0 Å². The highest BCUT2D eigenvalue weighted by atomic mass is 19.1. The van der Waals surface area contributed by atoms with Gasteiger partial charge in [0.15, 0.2) is 5.69 Å². The van der Waals surface area contributed by atoms with E-state index in [1.807, 2.05) is 0 Å². The summed E-state index contributed by atoms with van der Waals surface area (Å²) >= 11 is 0. The average Bonchev–Trinajstić information content (AvgIpc) is 2.30. The van der Waals surface area contributed by atoms with Crippen molar-refractivity contribution in [3.63, 3.8) is 0 Å². The molecule has 2 rings (SSSR count). The molecule has 0 saturated heterocycles. The van der Waals surface area contributed by atoms with Crippen molar-refractivity contribution in [1.29, 1.82) is 0 Å². The molecule has 0 radical (unpaired) electrons. The summed E-state index contributed by atoms with van der Waals surface area (Å²) in [7, 11) is 0. The van der Waals surface area contributed by atoms with Gasteiger partial charge in [0.05, 0.1) is 0 Å². The summed E-state index contributed by atoms with van der Waals surface area (Å²) in [6.07, 6.45) is 0.0647. The lowest BCUT2D eigenvalue weighted by molar-refractivity contribution is 0.0686. The fourth-order valence-electron chi connectivity index (χ4n) is 1.67. The lowest BCUT2D eigenvalue weighted by Gasteiger charge is -2.04. The molecule has 1 heterocycles. The van der Waals surface area contributed by atoms with Gasteiger partial charge >= 0.3 is 5.97 Å². The first kappa shape index (κ1) is 12.9. The summed E-state index contributed by atoms with van der Waals surface area (Å²) in [6.45, 7) is 0. The second kappa shape index (κ2) is 5.01. The van der Waals surface area contributed by atoms with Crippen LogP contribution in [0, 0.1) is 11.6 Å². The lowest BCUT2D eigenvalue weighted by Crippen LogP contribution is -2.04. The van der Waals surface area contributed by atoms with E-state index in [4.69, 9.17) is 5.11 Å². The third-order valence-electron chi connectivity index (χ3n) is 2.44. The predicted molar refractivity (Wildman–Crippen MR) is 62.0 cm³/mol. The second-order valence-corrected chi connectivity index (χ2v) is 3.93. The third kappa shape index (κ3) is 3.04. The van der Waals surface area contributed by atoms with E-state index in [0.717, 1.165) is 18.2 Å². The van der Waals surface area contributed by atoms with Crippen LogP contribution in [-0.4, -0.2) is 21.2 Å². The Bertz CT molecular complexity index is 624. The van der Waals surface area contributed by atoms with E-state index in [1.54, 1.807) is 0 Å². The largest absolute Gasteiger partial charge is 0.505 e. The second-order valence-electron chi connectivity index (χ2n) is 3.93. The van der Waals surface area contributed by atoms with Crippen molar-refractivity contribution in [3.8, 4) is 5.75 Å². The van der Waals surface area contributed by atoms with Gasteiger partial charge in [0.1, 0.15) is 17.4 Å². The Morgan fingerprint density at radius 2 is 1.79 bits per heavy atom. The fourth-order valence-corrected chi connectivity index (χ4v) is 1.67. The number of carboxylic acid groups (broad SMARTS) is 1. The molecule has 0 unspecified atom stereocenters. The monoisotopic (exact) mass is 265 g/mol. The predicted octanol–water partition coefficient (Wildman–Crippen LogP) is 2.35. The van der Waals surface area contributed by atoms with E-state index >= 15 is 0 Å². The van der Waals surface area contributed by atoms with Gasteiger partial charge in [0, 0.05) is 18.2 Å². The highest BCUT2D eigenvalue weighted by Gasteiger charge is 2.12. The molecule has 0 spiro atoms. The number of nitrogens with zero attached hydrogens (tertiary/aromatic N) is 1. The lowest BCUT2D eigenvalue weighted by atomic mass is 10.1. The van der Waals surface area contributed by atoms with Crippen LogP contribution in [0.3, 0.4) is 0 Å². The summed E-state index contributed by atoms with van der Waals surface area (Å²) in [5, 5.41) is 18.1. The first-order valence-corrected chi connectivity index (χ1v) is 5.33. The number of benzene rings is 1. The zero-order chi connectivity index (χ0) is 14.0. The minimum Gasteiger partial charge on any atom is -0.505 e. The molecular formula is C13H9F2NO3. The molecule has 1 aromatic heterocycles. The number of carbonyl (C=O) groups is 1. The van der Waals surface area contributed by atoms with Crippen molar-refractivity contribution in [2.75, 3.05) is 0 Å². The van der Waals surface area contributed by atoms with E-state index in [0.29, 0.717) is 11.3 Å². The Balaban J connectivity index is 2.33. The number of aromatic carboxylic acids is 1. The summed E-state index contributed by atoms with van der Waals surface area (Å²) < 4.78 is 26.0. The van der Waals surface area contributed by atoms with Crippen LogP contribution in [0.4, 0.5) is 8.78 Å². The van der Waals surface area contributed by atoms with Gasteiger partial charge in [-0.05, 0) is 29.8 Å². The Kier molecular flexibility index (Phi) is 3.41. The van der Waals surface area contributed by atoms with Crippen LogP contribution in [-0.2, 0) is 6.42 Å². The highest BCUT2D eigenvalue weighted by Crippen LogP contribution is 2.17. The molecule has 0 atom stereocenters. The molecule has 98 valence electrons. The zero-order valence-electron chi connectivity index (χ0n) is 9.60. The van der Waals surface area contributed by atoms with Crippen LogP contribution < -0.4 is 0 Å². The van der Waals surface area contributed by atoms with Gasteiger partial charge in [-0.15, -0.1) is 0 Å². The molecule has 19 heavy (non-hydrogen) atoms. The standard InChI is InChI=1S/C13H9F2NO3/c14-8-3-7(4-9(15)6-8)5-10-1-2-11(17)12(16-10)13(18)19/h1-4,6,17H,5H2,(H,18,19). The SMILES string of the molecule is O=C(O)c1nc(Cc2cc(F)cc(F)c2)ccc1O. The molecular weight excluding hydrogens is 256 g/mol. The Morgan fingerprint density at radius 1 is 1.16 bits per heavy atom. The molecule has 0 aliphatic heterocycles. The molecule has 0 bridgehead atoms. The maximum Gasteiger partial charge on any atom is 0.358 e. The number of hydrogen-bond acceptors (Lipinski definition) is 3. The van der Waals surface area contributed by atoms with E-state index in [-0.39, 0.29) is 6.42 Å². The van der Waals surface area contributed by atoms with Crippen molar-refractivity contribution in [2.24, 2.45) is 0 Å². The molecule has 0 fully saturated rings. The van der Waals surface area contributed by atoms with Crippen molar-refractivity contribution in [2.45, 2.75) is 6.42 Å². The van der Waals surface area contributed by atoms with Crippen molar-refractivity contribution in [3.05, 3.63) is 58.9 Å². The number of hydrogen-bond donors (Lipinski definition) is 2. The molecule has 6 heteroatoms. The van der Waals surface area contributed by atoms with Gasteiger partial charge < -0.3 is 10.2 Å². The van der Waals surface area contributed by atoms with Crippen molar-refractivity contribution in [1.82, 2.24) is 4.98 Å². The Hall–Kier alpha value is -2.50. The van der Waals surface area contributed by atoms with E-state index < -0.39 is 29.0 Å². The van der Waals surface area contributed by atoms with Crippen molar-refractivity contribution >= 4 is 5.97 Å². The number of carboxylic acids is 1. The van der Waals surface area contributed by atoms with Gasteiger partial charge in [-0.2, -0.15) is 0 Å². The molecule has 0 saturated carbocycles. The smallest absolute Gasteiger partial charge is 0.358 e. The first-order valence-electron chi connectivity index (χ1n) is 5.33. The minimum atomic E-state index is -1.37. The number of aromatic nitrogens is 1. The van der Waals surface area contributed by atoms with Gasteiger partial charge in [-0.3, -0.25) is 0 Å². The Labute approximate surface area is 107 Å². The molecule has 2 aromatic rings. The summed E-state index contributed by atoms with van der Waals surface area (Å²) in [5.41, 5.74) is 0.126. The Morgan fingerprint density at radius 3 is 2.37 bits per heavy atom. The summed E-state index contributed by atoms with van der Waals surface area (Å²) in [6, 6.07) is 5.60. The van der Waals surface area contributed by atoms with E-state index in [9.17, 15) is 18.7 Å². The van der Waals surface area contributed by atoms with Crippen LogP contribution >= 0.6 is 0 Å². The minimum absolute atomic E-state index is 0.0647. The van der Waals surface area contributed by atoms with Crippen LogP contribution in [0.2, 0.25) is 0 Å². The number of pyridine rings is 1. The molecule has 0 aliphatic carbocycles. The van der Waals surface area contributed by atoms with Crippen LogP contribution in [0.5, 0.6) is 5.75 Å². The number of aromatic hydroxyl groups is 1. The normalized spacial score (nSPS) is 10.4. The van der Waals surface area contributed by atoms with Crippen molar-refractivity contribution < 1.29 is 23.8 Å². The van der Waals surface area contributed by atoms with E-state index in [1.165, 1.54) is 12.1 Å². The van der Waals surface area contributed by atoms with Crippen LogP contribution in [0.15, 0.2) is 30.3 Å². The molecule has 2 N–H and O–H groups in total. The molecule has 0 amide bonds. The maximum absolute atomic E-state index is 13.0. The van der Waals surface area contributed by atoms with Gasteiger partial charge in [-0.1, -0.05) is 0 Å². The van der Waals surface area contributed by atoms with Gasteiger partial charge in [0.25, 0.3) is 0 Å². The number of halogens is 2. The maximum atomic E-state index is 13.0. The summed E-state index contributed by atoms with van der Waals surface area (Å²) in [5.74, 6) is -3.26.